The second kappa shape index (κ2) is 6.42. The predicted molar refractivity (Wildman–Crippen MR) is 108 cm³/mol. The number of imidazole rings is 1. The highest BCUT2D eigenvalue weighted by Gasteiger charge is 2.11. The van der Waals surface area contributed by atoms with Crippen LogP contribution in [-0.2, 0) is 6.54 Å². The van der Waals surface area contributed by atoms with E-state index in [-0.39, 0.29) is 5.56 Å². The van der Waals surface area contributed by atoms with Crippen molar-refractivity contribution in [1.29, 1.82) is 0 Å². The molecule has 5 aromatic heterocycles. The summed E-state index contributed by atoms with van der Waals surface area (Å²) in [5.41, 5.74) is 4.43. The molecule has 6 heteroatoms. The van der Waals surface area contributed by atoms with Crippen molar-refractivity contribution in [3.8, 4) is 11.3 Å². The molecular weight excluding hydrogens is 350 g/mol. The van der Waals surface area contributed by atoms with Crippen LogP contribution in [-0.4, -0.2) is 23.9 Å². The lowest BCUT2D eigenvalue weighted by Crippen LogP contribution is -2.20. The quantitative estimate of drug-likeness (QED) is 0.490. The van der Waals surface area contributed by atoms with E-state index in [1.807, 2.05) is 66.3 Å². The standard InChI is InChI=1S/C22H17N5O/c1-15-5-6-21-25-16(14-27(21)12-15)13-26-9-7-17-18(20-4-2-3-8-24-20)10-23-11-19(17)22(26)28/h2-12,14H,13H2,1H3. The Balaban J connectivity index is 1.59. The molecule has 0 bridgehead atoms. The molecule has 0 aromatic carbocycles. The zero-order valence-corrected chi connectivity index (χ0v) is 15.3. The highest BCUT2D eigenvalue weighted by Crippen LogP contribution is 2.24. The molecule has 0 N–H and O–H groups in total. The van der Waals surface area contributed by atoms with E-state index in [2.05, 4.69) is 15.0 Å². The first kappa shape index (κ1) is 16.4. The summed E-state index contributed by atoms with van der Waals surface area (Å²) in [6.45, 7) is 2.45. The van der Waals surface area contributed by atoms with Crippen molar-refractivity contribution in [3.05, 3.63) is 95.2 Å². The summed E-state index contributed by atoms with van der Waals surface area (Å²) in [5.74, 6) is 0. The molecule has 0 unspecified atom stereocenters. The summed E-state index contributed by atoms with van der Waals surface area (Å²) >= 11 is 0. The van der Waals surface area contributed by atoms with Crippen LogP contribution in [0.1, 0.15) is 11.3 Å². The Labute approximate surface area is 160 Å². The molecule has 5 aromatic rings. The third kappa shape index (κ3) is 2.75. The fourth-order valence-electron chi connectivity index (χ4n) is 3.46. The number of aromatic nitrogens is 5. The van der Waals surface area contributed by atoms with Crippen LogP contribution in [0.5, 0.6) is 0 Å². The zero-order valence-electron chi connectivity index (χ0n) is 15.3. The molecule has 0 spiro atoms. The Kier molecular flexibility index (Phi) is 3.76. The zero-order chi connectivity index (χ0) is 19.1. The van der Waals surface area contributed by atoms with Crippen LogP contribution in [0, 0.1) is 6.92 Å². The van der Waals surface area contributed by atoms with Gasteiger partial charge in [0.25, 0.3) is 5.56 Å². The molecule has 0 aliphatic carbocycles. The Morgan fingerprint density at radius 3 is 2.79 bits per heavy atom. The largest absolute Gasteiger partial charge is 0.309 e. The topological polar surface area (TPSA) is 65.1 Å². The molecule has 0 saturated carbocycles. The normalized spacial score (nSPS) is 11.3. The van der Waals surface area contributed by atoms with Gasteiger partial charge in [0.15, 0.2) is 0 Å². The van der Waals surface area contributed by atoms with E-state index in [4.69, 9.17) is 0 Å². The van der Waals surface area contributed by atoms with Crippen molar-refractivity contribution >= 4 is 16.4 Å². The Hall–Kier alpha value is -3.80. The van der Waals surface area contributed by atoms with Crippen LogP contribution in [0.15, 0.2) is 78.4 Å². The van der Waals surface area contributed by atoms with Gasteiger partial charge in [-0.25, -0.2) is 4.98 Å². The Morgan fingerprint density at radius 1 is 1.00 bits per heavy atom. The van der Waals surface area contributed by atoms with Gasteiger partial charge in [-0.2, -0.15) is 0 Å². The second-order valence-electron chi connectivity index (χ2n) is 6.82. The third-order valence-corrected chi connectivity index (χ3v) is 4.82. The van der Waals surface area contributed by atoms with Crippen LogP contribution in [0.25, 0.3) is 27.7 Å². The first-order valence-corrected chi connectivity index (χ1v) is 9.02. The summed E-state index contributed by atoms with van der Waals surface area (Å²) in [6.07, 6.45) is 10.9. The molecule has 0 saturated heterocycles. The number of hydrogen-bond acceptors (Lipinski definition) is 4. The number of fused-ring (bicyclic) bond motifs is 2. The molecule has 0 aliphatic heterocycles. The minimum atomic E-state index is -0.0870. The van der Waals surface area contributed by atoms with Gasteiger partial charge in [0.05, 0.1) is 23.3 Å². The van der Waals surface area contributed by atoms with E-state index in [1.54, 1.807) is 23.2 Å². The van der Waals surface area contributed by atoms with E-state index >= 15 is 0 Å². The van der Waals surface area contributed by atoms with Gasteiger partial charge in [0, 0.05) is 48.1 Å². The summed E-state index contributed by atoms with van der Waals surface area (Å²) in [7, 11) is 0. The number of rotatable bonds is 3. The predicted octanol–water partition coefficient (Wildman–Crippen LogP) is 3.46. The molecular formula is C22H17N5O. The van der Waals surface area contributed by atoms with Gasteiger partial charge in [-0.3, -0.25) is 14.8 Å². The minimum absolute atomic E-state index is 0.0870. The highest BCUT2D eigenvalue weighted by molar-refractivity contribution is 5.94. The molecule has 5 rings (SSSR count). The van der Waals surface area contributed by atoms with Crippen LogP contribution >= 0.6 is 0 Å². The molecule has 5 heterocycles. The van der Waals surface area contributed by atoms with E-state index in [1.165, 1.54) is 0 Å². The fraction of sp³-hybridized carbons (Fsp3) is 0.0909. The maximum Gasteiger partial charge on any atom is 0.260 e. The number of nitrogens with zero attached hydrogens (tertiary/aromatic N) is 5. The number of pyridine rings is 4. The van der Waals surface area contributed by atoms with Crippen molar-refractivity contribution < 1.29 is 0 Å². The lowest BCUT2D eigenvalue weighted by molar-refractivity contribution is 0.752. The maximum atomic E-state index is 13.1. The molecule has 136 valence electrons. The van der Waals surface area contributed by atoms with Gasteiger partial charge in [0.2, 0.25) is 0 Å². The van der Waals surface area contributed by atoms with Crippen LogP contribution in [0.3, 0.4) is 0 Å². The molecule has 6 nitrogen and oxygen atoms in total. The van der Waals surface area contributed by atoms with E-state index in [9.17, 15) is 4.79 Å². The summed E-state index contributed by atoms with van der Waals surface area (Å²) in [5, 5.41) is 1.42. The number of hydrogen-bond donors (Lipinski definition) is 0. The van der Waals surface area contributed by atoms with Crippen LogP contribution in [0.2, 0.25) is 0 Å². The monoisotopic (exact) mass is 367 g/mol. The van der Waals surface area contributed by atoms with Crippen molar-refractivity contribution in [2.45, 2.75) is 13.5 Å². The van der Waals surface area contributed by atoms with Crippen LogP contribution in [0.4, 0.5) is 0 Å². The van der Waals surface area contributed by atoms with Gasteiger partial charge >= 0.3 is 0 Å². The van der Waals surface area contributed by atoms with E-state index < -0.39 is 0 Å². The Morgan fingerprint density at radius 2 is 1.93 bits per heavy atom. The van der Waals surface area contributed by atoms with Gasteiger partial charge < -0.3 is 8.97 Å². The number of aryl methyl sites for hydroxylation is 1. The SMILES string of the molecule is Cc1ccc2nc(Cn3ccc4c(-c5ccccn5)cncc4c3=O)cn2c1. The first-order chi connectivity index (χ1) is 13.7. The molecule has 0 aliphatic rings. The smallest absolute Gasteiger partial charge is 0.260 e. The second-order valence-corrected chi connectivity index (χ2v) is 6.82. The first-order valence-electron chi connectivity index (χ1n) is 9.02. The van der Waals surface area contributed by atoms with E-state index in [0.717, 1.165) is 33.5 Å². The average molecular weight is 367 g/mol. The Bertz CT molecular complexity index is 1370. The lowest BCUT2D eigenvalue weighted by Gasteiger charge is -2.08. The van der Waals surface area contributed by atoms with Crippen molar-refractivity contribution in [1.82, 2.24) is 23.9 Å². The van der Waals surface area contributed by atoms with Crippen molar-refractivity contribution in [2.24, 2.45) is 0 Å². The molecule has 28 heavy (non-hydrogen) atoms. The molecule has 0 amide bonds. The van der Waals surface area contributed by atoms with Crippen LogP contribution < -0.4 is 5.56 Å². The average Bonchev–Trinajstić information content (AvgIpc) is 3.12. The van der Waals surface area contributed by atoms with Crippen molar-refractivity contribution in [2.75, 3.05) is 0 Å². The fourth-order valence-corrected chi connectivity index (χ4v) is 3.46. The van der Waals surface area contributed by atoms with Gasteiger partial charge in [0.1, 0.15) is 5.65 Å². The summed E-state index contributed by atoms with van der Waals surface area (Å²) in [4.78, 5) is 26.3. The summed E-state index contributed by atoms with van der Waals surface area (Å²) < 4.78 is 3.65. The minimum Gasteiger partial charge on any atom is -0.309 e. The lowest BCUT2D eigenvalue weighted by atomic mass is 10.1. The van der Waals surface area contributed by atoms with Gasteiger partial charge in [-0.15, -0.1) is 0 Å². The van der Waals surface area contributed by atoms with Crippen molar-refractivity contribution in [3.63, 3.8) is 0 Å². The molecule has 0 atom stereocenters. The van der Waals surface area contributed by atoms with E-state index in [0.29, 0.717) is 11.9 Å². The van der Waals surface area contributed by atoms with Gasteiger partial charge in [-0.05, 0) is 36.8 Å². The molecule has 0 radical (unpaired) electrons. The van der Waals surface area contributed by atoms with Gasteiger partial charge in [-0.1, -0.05) is 12.1 Å². The molecule has 0 fully saturated rings. The highest BCUT2D eigenvalue weighted by atomic mass is 16.1. The summed E-state index contributed by atoms with van der Waals surface area (Å²) in [6, 6.07) is 11.7. The maximum absolute atomic E-state index is 13.1. The third-order valence-electron chi connectivity index (χ3n) is 4.82.